The summed E-state index contributed by atoms with van der Waals surface area (Å²) in [6.45, 7) is 0.280. The summed E-state index contributed by atoms with van der Waals surface area (Å²) < 4.78 is 6.59. The average Bonchev–Trinajstić information content (AvgIpc) is 2.77. The third-order valence-electron chi connectivity index (χ3n) is 4.21. The van der Waals surface area contributed by atoms with Crippen molar-refractivity contribution in [2.75, 3.05) is 0 Å². The lowest BCUT2D eigenvalue weighted by atomic mass is 10.0. The standard InChI is InChI=1S/C24H14BrN3O/c25-23-12-17(10-22(15-28)19-7-3-4-18(11-19)13-26)8-9-24(23)29-16-21-6-2-1-5-20(21)14-27/h1-12H,16H2/b22-10-. The van der Waals surface area contributed by atoms with Gasteiger partial charge in [0.25, 0.3) is 0 Å². The minimum Gasteiger partial charge on any atom is -0.488 e. The van der Waals surface area contributed by atoms with E-state index in [4.69, 9.17) is 10.00 Å². The van der Waals surface area contributed by atoms with Crippen molar-refractivity contribution in [2.24, 2.45) is 0 Å². The molecule has 29 heavy (non-hydrogen) atoms. The predicted octanol–water partition coefficient (Wildman–Crippen LogP) is 5.84. The molecule has 4 nitrogen and oxygen atoms in total. The van der Waals surface area contributed by atoms with E-state index in [1.807, 2.05) is 36.4 Å². The Morgan fingerprint density at radius 1 is 0.931 bits per heavy atom. The molecule has 0 bridgehead atoms. The highest BCUT2D eigenvalue weighted by molar-refractivity contribution is 9.10. The zero-order valence-corrected chi connectivity index (χ0v) is 16.8. The van der Waals surface area contributed by atoms with Crippen LogP contribution in [0.3, 0.4) is 0 Å². The molecule has 0 aliphatic heterocycles. The largest absolute Gasteiger partial charge is 0.488 e. The molecule has 0 saturated heterocycles. The highest BCUT2D eigenvalue weighted by Gasteiger charge is 2.07. The number of nitrogens with zero attached hydrogens (tertiary/aromatic N) is 3. The van der Waals surface area contributed by atoms with Crippen molar-refractivity contribution in [3.05, 3.63) is 99.0 Å². The third-order valence-corrected chi connectivity index (χ3v) is 4.83. The van der Waals surface area contributed by atoms with Gasteiger partial charge in [0.05, 0.1) is 39.4 Å². The first-order chi connectivity index (χ1) is 14.1. The van der Waals surface area contributed by atoms with Crippen molar-refractivity contribution in [1.82, 2.24) is 0 Å². The van der Waals surface area contributed by atoms with E-state index < -0.39 is 0 Å². The third kappa shape index (κ3) is 4.90. The number of nitriles is 3. The Labute approximate surface area is 177 Å². The first-order valence-corrected chi connectivity index (χ1v) is 9.46. The number of benzene rings is 3. The van der Waals surface area contributed by atoms with Crippen molar-refractivity contribution < 1.29 is 4.74 Å². The Balaban J connectivity index is 1.81. The number of allylic oxidation sites excluding steroid dienone is 1. The molecule has 0 aromatic heterocycles. The Bertz CT molecular complexity index is 1210. The summed E-state index contributed by atoms with van der Waals surface area (Å²) in [4.78, 5) is 0. The van der Waals surface area contributed by atoms with Crippen molar-refractivity contribution >= 4 is 27.6 Å². The van der Waals surface area contributed by atoms with Gasteiger partial charge >= 0.3 is 0 Å². The highest BCUT2D eigenvalue weighted by Crippen LogP contribution is 2.29. The van der Waals surface area contributed by atoms with E-state index in [9.17, 15) is 10.5 Å². The SMILES string of the molecule is N#C/C(=C/c1ccc(OCc2ccccc2C#N)c(Br)c1)c1cccc(C#N)c1. The minimum atomic E-state index is 0.280. The molecule has 0 unspecified atom stereocenters. The first-order valence-electron chi connectivity index (χ1n) is 8.67. The van der Waals surface area contributed by atoms with Gasteiger partial charge in [0.15, 0.2) is 0 Å². The van der Waals surface area contributed by atoms with Crippen LogP contribution < -0.4 is 4.74 Å². The molecular weight excluding hydrogens is 426 g/mol. The average molecular weight is 440 g/mol. The molecule has 0 fully saturated rings. The first kappa shape index (κ1) is 19.9. The molecule has 0 heterocycles. The summed E-state index contributed by atoms with van der Waals surface area (Å²) in [6, 6.07) is 26.2. The molecule has 3 aromatic carbocycles. The summed E-state index contributed by atoms with van der Waals surface area (Å²) in [5, 5.41) is 27.7. The lowest BCUT2D eigenvalue weighted by Gasteiger charge is -2.10. The van der Waals surface area contributed by atoms with E-state index in [-0.39, 0.29) is 6.61 Å². The number of rotatable bonds is 5. The van der Waals surface area contributed by atoms with Gasteiger partial charge in [-0.3, -0.25) is 0 Å². The molecule has 0 radical (unpaired) electrons. The quantitative estimate of drug-likeness (QED) is 0.369. The van der Waals surface area contributed by atoms with Crippen molar-refractivity contribution in [2.45, 2.75) is 6.61 Å². The van der Waals surface area contributed by atoms with Crippen molar-refractivity contribution in [3.63, 3.8) is 0 Å². The molecule has 0 aliphatic rings. The minimum absolute atomic E-state index is 0.280. The second-order valence-electron chi connectivity index (χ2n) is 6.11. The number of ether oxygens (including phenoxy) is 1. The molecule has 3 rings (SSSR count). The summed E-state index contributed by atoms with van der Waals surface area (Å²) in [6.07, 6.45) is 1.76. The zero-order valence-electron chi connectivity index (χ0n) is 15.3. The number of halogens is 1. The van der Waals surface area contributed by atoms with Gasteiger partial charge in [-0.15, -0.1) is 0 Å². The molecule has 0 saturated carbocycles. The van der Waals surface area contributed by atoms with Crippen LogP contribution in [0, 0.1) is 34.0 Å². The smallest absolute Gasteiger partial charge is 0.134 e. The van der Waals surface area contributed by atoms with E-state index in [0.29, 0.717) is 28.0 Å². The molecule has 0 aliphatic carbocycles. The second-order valence-corrected chi connectivity index (χ2v) is 6.96. The maximum Gasteiger partial charge on any atom is 0.134 e. The normalized spacial score (nSPS) is 10.5. The van der Waals surface area contributed by atoms with Crippen LogP contribution in [0.4, 0.5) is 0 Å². The van der Waals surface area contributed by atoms with Crippen LogP contribution in [0.5, 0.6) is 5.75 Å². The predicted molar refractivity (Wildman–Crippen MR) is 114 cm³/mol. The summed E-state index contributed by atoms with van der Waals surface area (Å²) in [7, 11) is 0. The maximum atomic E-state index is 9.52. The number of hydrogen-bond acceptors (Lipinski definition) is 4. The molecule has 5 heteroatoms. The van der Waals surface area contributed by atoms with Crippen LogP contribution in [-0.2, 0) is 6.61 Å². The highest BCUT2D eigenvalue weighted by atomic mass is 79.9. The van der Waals surface area contributed by atoms with Crippen LogP contribution in [0.25, 0.3) is 11.6 Å². The molecule has 0 spiro atoms. The molecule has 138 valence electrons. The Hall–Kier alpha value is -3.85. The summed E-state index contributed by atoms with van der Waals surface area (Å²) in [5.41, 5.74) is 3.88. The van der Waals surface area contributed by atoms with E-state index in [0.717, 1.165) is 15.6 Å². The van der Waals surface area contributed by atoms with Gasteiger partial charge in [0.1, 0.15) is 12.4 Å². The summed E-state index contributed by atoms with van der Waals surface area (Å²) in [5.74, 6) is 0.639. The van der Waals surface area contributed by atoms with E-state index in [1.165, 1.54) is 0 Å². The van der Waals surface area contributed by atoms with Gasteiger partial charge in [-0.2, -0.15) is 15.8 Å². The lowest BCUT2D eigenvalue weighted by molar-refractivity contribution is 0.304. The van der Waals surface area contributed by atoms with Gasteiger partial charge in [-0.05, 0) is 63.5 Å². The Morgan fingerprint density at radius 2 is 1.76 bits per heavy atom. The second kappa shape index (κ2) is 9.38. The molecule has 0 atom stereocenters. The van der Waals surface area contributed by atoms with Crippen LogP contribution >= 0.6 is 15.9 Å². The van der Waals surface area contributed by atoms with E-state index >= 15 is 0 Å². The fourth-order valence-electron chi connectivity index (χ4n) is 2.74. The molecule has 0 N–H and O–H groups in total. The van der Waals surface area contributed by atoms with Gasteiger partial charge in [-0.25, -0.2) is 0 Å². The zero-order chi connectivity index (χ0) is 20.6. The fourth-order valence-corrected chi connectivity index (χ4v) is 3.25. The van der Waals surface area contributed by atoms with Gasteiger partial charge in [-0.1, -0.05) is 36.4 Å². The van der Waals surface area contributed by atoms with Crippen LogP contribution in [0.15, 0.2) is 71.2 Å². The van der Waals surface area contributed by atoms with E-state index in [1.54, 1.807) is 36.4 Å². The lowest BCUT2D eigenvalue weighted by Crippen LogP contribution is -1.98. The number of hydrogen-bond donors (Lipinski definition) is 0. The summed E-state index contributed by atoms with van der Waals surface area (Å²) >= 11 is 3.50. The van der Waals surface area contributed by atoms with Crippen LogP contribution in [0.2, 0.25) is 0 Å². The van der Waals surface area contributed by atoms with Gasteiger partial charge in [0, 0.05) is 5.56 Å². The fraction of sp³-hybridized carbons (Fsp3) is 0.0417. The van der Waals surface area contributed by atoms with Crippen molar-refractivity contribution in [1.29, 1.82) is 15.8 Å². The Morgan fingerprint density at radius 3 is 2.48 bits per heavy atom. The van der Waals surface area contributed by atoms with Gasteiger partial charge in [0.2, 0.25) is 0 Å². The van der Waals surface area contributed by atoms with Gasteiger partial charge < -0.3 is 4.74 Å². The van der Waals surface area contributed by atoms with E-state index in [2.05, 4.69) is 34.1 Å². The topological polar surface area (TPSA) is 80.6 Å². The molecule has 0 amide bonds. The molecular formula is C24H14BrN3O. The van der Waals surface area contributed by atoms with Crippen LogP contribution in [-0.4, -0.2) is 0 Å². The van der Waals surface area contributed by atoms with Crippen molar-refractivity contribution in [3.8, 4) is 24.0 Å². The van der Waals surface area contributed by atoms with Crippen LogP contribution in [0.1, 0.15) is 27.8 Å². The Kier molecular flexibility index (Phi) is 6.43. The maximum absolute atomic E-state index is 9.52. The monoisotopic (exact) mass is 439 g/mol. The molecule has 3 aromatic rings.